The Hall–Kier alpha value is -3.34. The van der Waals surface area contributed by atoms with Crippen LogP contribution in [0.15, 0.2) is 71.1 Å². The minimum absolute atomic E-state index is 0.108. The number of Topliss-reactive ketones (excluding diaryl/α,β-unsaturated/α-hetero) is 1. The summed E-state index contributed by atoms with van der Waals surface area (Å²) in [7, 11) is 1.61. The second-order valence-electron chi connectivity index (χ2n) is 8.28. The van der Waals surface area contributed by atoms with Crippen LogP contribution in [0.3, 0.4) is 0 Å². The molecule has 166 valence electrons. The minimum atomic E-state index is -0.409. The number of hydrogen-bond acceptors (Lipinski definition) is 5. The fourth-order valence-corrected chi connectivity index (χ4v) is 4.48. The molecule has 0 saturated carbocycles. The number of benzene rings is 2. The van der Waals surface area contributed by atoms with Crippen LogP contribution in [0.4, 0.5) is 0 Å². The Morgan fingerprint density at radius 2 is 1.72 bits per heavy atom. The minimum Gasteiger partial charge on any atom is -0.497 e. The highest BCUT2D eigenvalue weighted by atomic mass is 16.5. The Bertz CT molecular complexity index is 1080. The summed E-state index contributed by atoms with van der Waals surface area (Å²) in [6, 6.07) is 15.6. The molecule has 5 nitrogen and oxygen atoms in total. The molecule has 1 heterocycles. The molecule has 1 aliphatic carbocycles. The molecule has 1 aliphatic heterocycles. The zero-order chi connectivity index (χ0) is 22.7. The van der Waals surface area contributed by atoms with Crippen molar-refractivity contribution in [2.24, 2.45) is 0 Å². The maximum Gasteiger partial charge on any atom is 0.337 e. The predicted octanol–water partition coefficient (Wildman–Crippen LogP) is 4.97. The summed E-state index contributed by atoms with van der Waals surface area (Å²) in [4.78, 5) is 26.3. The summed E-state index contributed by atoms with van der Waals surface area (Å²) in [6.45, 7) is 4.15. The van der Waals surface area contributed by atoms with E-state index in [4.69, 9.17) is 9.47 Å². The van der Waals surface area contributed by atoms with E-state index in [1.54, 1.807) is 7.11 Å². The fraction of sp³-hybridized carbons (Fsp3) is 0.333. The summed E-state index contributed by atoms with van der Waals surface area (Å²) in [5, 5.41) is 3.34. The molecule has 32 heavy (non-hydrogen) atoms. The summed E-state index contributed by atoms with van der Waals surface area (Å²) in [6.07, 6.45) is 3.09. The van der Waals surface area contributed by atoms with Gasteiger partial charge in [-0.1, -0.05) is 43.3 Å². The van der Waals surface area contributed by atoms with Crippen LogP contribution >= 0.6 is 0 Å². The van der Waals surface area contributed by atoms with Gasteiger partial charge >= 0.3 is 5.97 Å². The van der Waals surface area contributed by atoms with Crippen molar-refractivity contribution in [2.45, 2.75) is 52.1 Å². The van der Waals surface area contributed by atoms with Gasteiger partial charge in [0.25, 0.3) is 0 Å². The lowest BCUT2D eigenvalue weighted by molar-refractivity contribution is -0.140. The lowest BCUT2D eigenvalue weighted by Gasteiger charge is -2.34. The van der Waals surface area contributed by atoms with Gasteiger partial charge in [0, 0.05) is 29.3 Å². The van der Waals surface area contributed by atoms with Crippen LogP contribution in [-0.2, 0) is 27.4 Å². The number of methoxy groups -OCH3 is 1. The molecule has 0 fully saturated rings. The number of hydrogen-bond donors (Lipinski definition) is 1. The Morgan fingerprint density at radius 1 is 1.03 bits per heavy atom. The lowest BCUT2D eigenvalue weighted by atomic mass is 9.75. The van der Waals surface area contributed by atoms with Crippen LogP contribution in [0.1, 0.15) is 55.7 Å². The molecule has 0 spiro atoms. The predicted molar refractivity (Wildman–Crippen MR) is 123 cm³/mol. The van der Waals surface area contributed by atoms with Gasteiger partial charge in [-0.15, -0.1) is 0 Å². The molecule has 0 amide bonds. The molecule has 0 aromatic heterocycles. The topological polar surface area (TPSA) is 64.6 Å². The van der Waals surface area contributed by atoms with E-state index in [1.165, 1.54) is 5.56 Å². The number of ether oxygens (including phenoxy) is 2. The third kappa shape index (κ3) is 4.33. The molecule has 0 radical (unpaired) electrons. The summed E-state index contributed by atoms with van der Waals surface area (Å²) < 4.78 is 10.9. The highest BCUT2D eigenvalue weighted by Gasteiger charge is 2.39. The Kier molecular flexibility index (Phi) is 6.45. The van der Waals surface area contributed by atoms with E-state index >= 15 is 0 Å². The maximum atomic E-state index is 13.3. The monoisotopic (exact) mass is 431 g/mol. The molecule has 4 rings (SSSR count). The van der Waals surface area contributed by atoms with Crippen LogP contribution in [0.25, 0.3) is 0 Å². The smallest absolute Gasteiger partial charge is 0.337 e. The highest BCUT2D eigenvalue weighted by Crippen LogP contribution is 2.42. The van der Waals surface area contributed by atoms with Crippen molar-refractivity contribution in [1.29, 1.82) is 0 Å². The summed E-state index contributed by atoms with van der Waals surface area (Å²) in [5.41, 5.74) is 5.95. The fourth-order valence-electron chi connectivity index (χ4n) is 4.48. The van der Waals surface area contributed by atoms with Crippen molar-refractivity contribution in [1.82, 2.24) is 5.32 Å². The first-order valence-electron chi connectivity index (χ1n) is 11.1. The standard InChI is InChI=1S/C27H29NO4/c1-4-18-8-12-20(13-9-18)25-24(17(2)28-22-6-5-7-23(29)26(22)25)27(30)32-16-19-10-14-21(31-3)15-11-19/h8-15,25,28H,4-7,16H2,1-3H3/t25-/m0/s1. The van der Waals surface area contributed by atoms with Crippen molar-refractivity contribution in [3.05, 3.63) is 87.8 Å². The molecule has 1 atom stereocenters. The number of allylic oxidation sites excluding steroid dienone is 3. The van der Waals surface area contributed by atoms with Gasteiger partial charge in [-0.25, -0.2) is 4.79 Å². The molecule has 0 bridgehead atoms. The van der Waals surface area contributed by atoms with E-state index in [1.807, 2.05) is 43.3 Å². The first-order chi connectivity index (χ1) is 15.5. The van der Waals surface area contributed by atoms with Crippen molar-refractivity contribution in [2.75, 3.05) is 7.11 Å². The SMILES string of the molecule is CCc1ccc([C@H]2C(C(=O)OCc3ccc(OC)cc3)=C(C)NC3=C2C(=O)CCC3)cc1. The number of dihydropyridines is 1. The average molecular weight is 432 g/mol. The van der Waals surface area contributed by atoms with Gasteiger partial charge < -0.3 is 14.8 Å². The van der Waals surface area contributed by atoms with Gasteiger partial charge in [-0.05, 0) is 55.0 Å². The molecule has 0 saturated heterocycles. The Balaban J connectivity index is 1.65. The molecular weight excluding hydrogens is 402 g/mol. The second kappa shape index (κ2) is 9.43. The Labute approximate surface area is 189 Å². The zero-order valence-corrected chi connectivity index (χ0v) is 18.9. The quantitative estimate of drug-likeness (QED) is 0.655. The van der Waals surface area contributed by atoms with Gasteiger partial charge in [-0.3, -0.25) is 4.79 Å². The number of ketones is 1. The van der Waals surface area contributed by atoms with Crippen molar-refractivity contribution < 1.29 is 19.1 Å². The van der Waals surface area contributed by atoms with Gasteiger partial charge in [0.15, 0.2) is 5.78 Å². The normalized spacial score (nSPS) is 18.2. The molecule has 2 aromatic rings. The molecule has 2 aromatic carbocycles. The molecule has 5 heteroatoms. The van der Waals surface area contributed by atoms with E-state index in [0.29, 0.717) is 17.6 Å². The average Bonchev–Trinajstić information content (AvgIpc) is 2.82. The largest absolute Gasteiger partial charge is 0.497 e. The van der Waals surface area contributed by atoms with E-state index in [2.05, 4.69) is 24.4 Å². The van der Waals surface area contributed by atoms with Gasteiger partial charge in [0.1, 0.15) is 12.4 Å². The molecule has 0 unspecified atom stereocenters. The van der Waals surface area contributed by atoms with Crippen LogP contribution < -0.4 is 10.1 Å². The highest BCUT2D eigenvalue weighted by molar-refractivity contribution is 6.03. The number of aryl methyl sites for hydroxylation is 1. The number of carbonyl (C=O) groups is 2. The molecular formula is C27H29NO4. The van der Waals surface area contributed by atoms with Crippen LogP contribution in [0.5, 0.6) is 5.75 Å². The van der Waals surface area contributed by atoms with Crippen molar-refractivity contribution in [3.63, 3.8) is 0 Å². The Morgan fingerprint density at radius 3 is 2.38 bits per heavy atom. The van der Waals surface area contributed by atoms with Crippen molar-refractivity contribution >= 4 is 11.8 Å². The third-order valence-corrected chi connectivity index (χ3v) is 6.25. The van der Waals surface area contributed by atoms with Crippen LogP contribution in [0, 0.1) is 0 Å². The first-order valence-corrected chi connectivity index (χ1v) is 11.1. The van der Waals surface area contributed by atoms with Crippen molar-refractivity contribution in [3.8, 4) is 5.75 Å². The van der Waals surface area contributed by atoms with Crippen LogP contribution in [0.2, 0.25) is 0 Å². The van der Waals surface area contributed by atoms with Gasteiger partial charge in [-0.2, -0.15) is 0 Å². The van der Waals surface area contributed by atoms with Crippen LogP contribution in [-0.4, -0.2) is 18.9 Å². The van der Waals surface area contributed by atoms with E-state index in [0.717, 1.165) is 47.5 Å². The second-order valence-corrected chi connectivity index (χ2v) is 8.28. The van der Waals surface area contributed by atoms with E-state index < -0.39 is 11.9 Å². The molecule has 2 aliphatic rings. The lowest BCUT2D eigenvalue weighted by Crippen LogP contribution is -2.34. The summed E-state index contributed by atoms with van der Waals surface area (Å²) >= 11 is 0. The number of nitrogens with one attached hydrogen (secondary N) is 1. The zero-order valence-electron chi connectivity index (χ0n) is 18.9. The summed E-state index contributed by atoms with van der Waals surface area (Å²) in [5.74, 6) is 0.0471. The van der Waals surface area contributed by atoms with E-state index in [-0.39, 0.29) is 12.4 Å². The van der Waals surface area contributed by atoms with Gasteiger partial charge in [0.05, 0.1) is 12.7 Å². The first kappa shape index (κ1) is 21.9. The number of esters is 1. The molecule has 1 N–H and O–H groups in total. The number of rotatable bonds is 6. The van der Waals surface area contributed by atoms with Gasteiger partial charge in [0.2, 0.25) is 0 Å². The van der Waals surface area contributed by atoms with E-state index in [9.17, 15) is 9.59 Å². The maximum absolute atomic E-state index is 13.3. The third-order valence-electron chi connectivity index (χ3n) is 6.25. The number of carbonyl (C=O) groups excluding carboxylic acids is 2.